The molecule has 1 fully saturated rings. The number of β-amino-alcohol motifs (C(OH)–C–C–N with tert-alkyl or cyclic N) is 1. The molecule has 3 rings (SSSR count). The number of nitrogens with one attached hydrogen (secondary N) is 1. The number of carbonyl (C=O) groups excluding carboxylic acids is 2. The normalized spacial score (nSPS) is 21.1. The van der Waals surface area contributed by atoms with E-state index in [-0.39, 0.29) is 25.7 Å². The molecule has 1 aromatic heterocycles. The zero-order valence-corrected chi connectivity index (χ0v) is 14.6. The number of hydrogen-bond acceptors (Lipinski definition) is 5. The quantitative estimate of drug-likeness (QED) is 0.705. The maximum atomic E-state index is 12.9. The van der Waals surface area contributed by atoms with Crippen molar-refractivity contribution in [3.63, 3.8) is 0 Å². The number of nitrogens with zero attached hydrogens (tertiary/aromatic N) is 1. The van der Waals surface area contributed by atoms with Crippen LogP contribution in [0.4, 0.5) is 4.79 Å². The molecule has 1 aliphatic rings. The van der Waals surface area contributed by atoms with Gasteiger partial charge in [0.25, 0.3) is 5.91 Å². The Labute approximate surface area is 151 Å². The summed E-state index contributed by atoms with van der Waals surface area (Å²) < 4.78 is 10.5. The molecular formula is C19H22N2O5. The number of aliphatic hydroxyl groups is 1. The number of aliphatic hydroxyl groups excluding tert-OH is 1. The summed E-state index contributed by atoms with van der Waals surface area (Å²) in [5.41, 5.74) is -0.362. The standard InChI is InChI=1S/C19H22N2O5/c1-2-19(14-7-4-3-5-8-14)17(23)21(18(24)20-19)11-15(22)12-25-13-16-9-6-10-26-16/h3-10,15,22H,2,11-13H2,1H3,(H,20,24)/t15-,19-/m0/s1. The monoisotopic (exact) mass is 358 g/mol. The van der Waals surface area contributed by atoms with Gasteiger partial charge in [0.15, 0.2) is 0 Å². The molecule has 1 aliphatic heterocycles. The van der Waals surface area contributed by atoms with E-state index < -0.39 is 17.7 Å². The Kier molecular flexibility index (Phi) is 5.39. The van der Waals surface area contributed by atoms with Crippen molar-refractivity contribution >= 4 is 11.9 Å². The number of amides is 3. The van der Waals surface area contributed by atoms with Crippen LogP contribution in [0, 0.1) is 0 Å². The number of carbonyl (C=O) groups is 2. The first kappa shape index (κ1) is 18.2. The predicted octanol–water partition coefficient (Wildman–Crippen LogP) is 2.01. The van der Waals surface area contributed by atoms with Gasteiger partial charge in [-0.2, -0.15) is 0 Å². The molecule has 2 N–H and O–H groups in total. The molecule has 7 nitrogen and oxygen atoms in total. The van der Waals surface area contributed by atoms with Crippen LogP contribution < -0.4 is 5.32 Å². The van der Waals surface area contributed by atoms with Gasteiger partial charge in [-0.25, -0.2) is 4.79 Å². The van der Waals surface area contributed by atoms with Crippen LogP contribution in [0.15, 0.2) is 53.1 Å². The van der Waals surface area contributed by atoms with Crippen molar-refractivity contribution in [3.8, 4) is 0 Å². The minimum atomic E-state index is -1.09. The first-order chi connectivity index (χ1) is 12.6. The molecule has 26 heavy (non-hydrogen) atoms. The number of furan rings is 1. The fraction of sp³-hybridized carbons (Fsp3) is 0.368. The van der Waals surface area contributed by atoms with Gasteiger partial charge in [0.05, 0.1) is 25.5 Å². The largest absolute Gasteiger partial charge is 0.467 e. The van der Waals surface area contributed by atoms with E-state index >= 15 is 0 Å². The van der Waals surface area contributed by atoms with E-state index in [2.05, 4.69) is 5.32 Å². The van der Waals surface area contributed by atoms with Gasteiger partial charge in [-0.05, 0) is 24.1 Å². The lowest BCUT2D eigenvalue weighted by atomic mass is 9.87. The van der Waals surface area contributed by atoms with Crippen LogP contribution in [0.3, 0.4) is 0 Å². The van der Waals surface area contributed by atoms with E-state index in [0.29, 0.717) is 12.2 Å². The average Bonchev–Trinajstić information content (AvgIpc) is 3.25. The van der Waals surface area contributed by atoms with Crippen molar-refractivity contribution < 1.29 is 23.8 Å². The molecule has 2 atom stereocenters. The van der Waals surface area contributed by atoms with Crippen molar-refractivity contribution in [1.82, 2.24) is 10.2 Å². The van der Waals surface area contributed by atoms with Crippen molar-refractivity contribution in [2.45, 2.75) is 31.6 Å². The molecular weight excluding hydrogens is 336 g/mol. The molecule has 0 unspecified atom stereocenters. The van der Waals surface area contributed by atoms with Gasteiger partial charge < -0.3 is 19.6 Å². The molecule has 0 aliphatic carbocycles. The van der Waals surface area contributed by atoms with E-state index in [9.17, 15) is 14.7 Å². The highest BCUT2D eigenvalue weighted by Gasteiger charge is 2.51. The highest BCUT2D eigenvalue weighted by molar-refractivity contribution is 6.07. The molecule has 7 heteroatoms. The fourth-order valence-corrected chi connectivity index (χ4v) is 3.11. The molecule has 1 aromatic carbocycles. The number of imide groups is 1. The van der Waals surface area contributed by atoms with Crippen LogP contribution >= 0.6 is 0 Å². The SMILES string of the molecule is CC[C@@]1(c2ccccc2)NC(=O)N(C[C@H](O)COCc2ccco2)C1=O. The third-order valence-electron chi connectivity index (χ3n) is 4.50. The molecule has 1 saturated heterocycles. The van der Waals surface area contributed by atoms with E-state index in [0.717, 1.165) is 10.5 Å². The molecule has 2 aromatic rings. The number of rotatable bonds is 8. The molecule has 0 spiro atoms. The number of ether oxygens (including phenoxy) is 1. The lowest BCUT2D eigenvalue weighted by molar-refractivity contribution is -0.133. The van der Waals surface area contributed by atoms with Crippen LogP contribution in [-0.4, -0.2) is 41.2 Å². The van der Waals surface area contributed by atoms with Crippen molar-refractivity contribution in [1.29, 1.82) is 0 Å². The number of benzene rings is 1. The van der Waals surface area contributed by atoms with Gasteiger partial charge in [-0.15, -0.1) is 0 Å². The summed E-state index contributed by atoms with van der Waals surface area (Å²) in [4.78, 5) is 26.3. The van der Waals surface area contributed by atoms with E-state index in [4.69, 9.17) is 9.15 Å². The summed E-state index contributed by atoms with van der Waals surface area (Å²) in [5.74, 6) is 0.280. The van der Waals surface area contributed by atoms with E-state index in [1.165, 1.54) is 6.26 Å². The van der Waals surface area contributed by atoms with Crippen LogP contribution in [0.25, 0.3) is 0 Å². The Balaban J connectivity index is 1.63. The average molecular weight is 358 g/mol. The van der Waals surface area contributed by atoms with Crippen LogP contribution in [0.1, 0.15) is 24.7 Å². The Hall–Kier alpha value is -2.64. The summed E-state index contributed by atoms with van der Waals surface area (Å²) in [6.45, 7) is 1.92. The third-order valence-corrected chi connectivity index (χ3v) is 4.50. The van der Waals surface area contributed by atoms with Crippen LogP contribution in [0.5, 0.6) is 0 Å². The molecule has 0 saturated carbocycles. The van der Waals surface area contributed by atoms with Gasteiger partial charge in [-0.1, -0.05) is 37.3 Å². The summed E-state index contributed by atoms with van der Waals surface area (Å²) in [6.07, 6.45) is 0.975. The molecule has 0 radical (unpaired) electrons. The number of urea groups is 1. The van der Waals surface area contributed by atoms with Crippen molar-refractivity contribution in [3.05, 3.63) is 60.1 Å². The summed E-state index contributed by atoms with van der Waals surface area (Å²) in [7, 11) is 0. The second-order valence-corrected chi connectivity index (χ2v) is 6.22. The van der Waals surface area contributed by atoms with E-state index in [1.54, 1.807) is 12.1 Å². The minimum Gasteiger partial charge on any atom is -0.467 e. The lowest BCUT2D eigenvalue weighted by Crippen LogP contribution is -2.44. The second-order valence-electron chi connectivity index (χ2n) is 6.22. The molecule has 2 heterocycles. The van der Waals surface area contributed by atoms with Gasteiger partial charge in [0, 0.05) is 0 Å². The summed E-state index contributed by atoms with van der Waals surface area (Å²) in [5, 5.41) is 12.9. The maximum Gasteiger partial charge on any atom is 0.325 e. The zero-order chi connectivity index (χ0) is 18.6. The van der Waals surface area contributed by atoms with Gasteiger partial charge in [0.2, 0.25) is 0 Å². The Morgan fingerprint density at radius 3 is 2.65 bits per heavy atom. The van der Waals surface area contributed by atoms with Crippen molar-refractivity contribution in [2.24, 2.45) is 0 Å². The van der Waals surface area contributed by atoms with Crippen LogP contribution in [-0.2, 0) is 21.7 Å². The Morgan fingerprint density at radius 2 is 2.00 bits per heavy atom. The first-order valence-electron chi connectivity index (χ1n) is 8.54. The maximum absolute atomic E-state index is 12.9. The van der Waals surface area contributed by atoms with Gasteiger partial charge >= 0.3 is 6.03 Å². The fourth-order valence-electron chi connectivity index (χ4n) is 3.11. The molecule has 0 bridgehead atoms. The Bertz CT molecular complexity index is 747. The molecule has 3 amide bonds. The highest BCUT2D eigenvalue weighted by atomic mass is 16.5. The Morgan fingerprint density at radius 1 is 1.23 bits per heavy atom. The smallest absolute Gasteiger partial charge is 0.325 e. The zero-order valence-electron chi connectivity index (χ0n) is 14.6. The topological polar surface area (TPSA) is 92.0 Å². The predicted molar refractivity (Wildman–Crippen MR) is 93.0 cm³/mol. The molecule has 138 valence electrons. The minimum absolute atomic E-state index is 0.0117. The summed E-state index contributed by atoms with van der Waals surface area (Å²) in [6, 6.07) is 12.1. The first-order valence-corrected chi connectivity index (χ1v) is 8.54. The van der Waals surface area contributed by atoms with Crippen molar-refractivity contribution in [2.75, 3.05) is 13.2 Å². The van der Waals surface area contributed by atoms with Gasteiger partial charge in [0.1, 0.15) is 17.9 Å². The summed E-state index contributed by atoms with van der Waals surface area (Å²) >= 11 is 0. The van der Waals surface area contributed by atoms with E-state index in [1.807, 2.05) is 37.3 Å². The van der Waals surface area contributed by atoms with Crippen LogP contribution in [0.2, 0.25) is 0 Å². The third kappa shape index (κ3) is 3.49. The second kappa shape index (κ2) is 7.72. The highest BCUT2D eigenvalue weighted by Crippen LogP contribution is 2.32. The number of hydrogen-bond donors (Lipinski definition) is 2. The lowest BCUT2D eigenvalue weighted by Gasteiger charge is -2.26. The van der Waals surface area contributed by atoms with Gasteiger partial charge in [-0.3, -0.25) is 9.69 Å².